The summed E-state index contributed by atoms with van der Waals surface area (Å²) in [6, 6.07) is 7.66. The van der Waals surface area contributed by atoms with E-state index < -0.39 is 0 Å². The van der Waals surface area contributed by atoms with E-state index in [1.54, 1.807) is 7.05 Å². The van der Waals surface area contributed by atoms with Crippen molar-refractivity contribution in [1.29, 1.82) is 0 Å². The van der Waals surface area contributed by atoms with E-state index >= 15 is 0 Å². The second-order valence-electron chi connectivity index (χ2n) is 3.72. The number of hydrogen-bond donors (Lipinski definition) is 1. The highest BCUT2D eigenvalue weighted by Gasteiger charge is 2.10. The van der Waals surface area contributed by atoms with Crippen molar-refractivity contribution >= 4 is 17.8 Å². The first-order chi connectivity index (χ1) is 7.81. The van der Waals surface area contributed by atoms with E-state index in [9.17, 15) is 4.79 Å². The maximum Gasteiger partial charge on any atom is 0.176 e. The predicted octanol–water partition coefficient (Wildman–Crippen LogP) is 0.937. The van der Waals surface area contributed by atoms with Crippen molar-refractivity contribution < 1.29 is 4.79 Å². The van der Waals surface area contributed by atoms with Gasteiger partial charge in [0.15, 0.2) is 5.78 Å². The number of carbonyl (C=O) groups is 1. The average molecular weight is 217 g/mol. The molecule has 0 saturated heterocycles. The highest BCUT2D eigenvalue weighted by atomic mass is 16.1. The highest BCUT2D eigenvalue weighted by molar-refractivity contribution is 5.99. The summed E-state index contributed by atoms with van der Waals surface area (Å²) in [7, 11) is 1.77. The van der Waals surface area contributed by atoms with Gasteiger partial charge in [0, 0.05) is 17.8 Å². The molecule has 0 amide bonds. The minimum absolute atomic E-state index is 0.112. The molecule has 0 fully saturated rings. The standard InChI is InChI=1S/C12H15N3O/c1-13-8-12(16)10-3-2-4-11(7-10)15-6-5-14-9-15/h2-4,7,9,13H,5-6,8H2,1H3. The average Bonchev–Trinajstić information content (AvgIpc) is 2.83. The van der Waals surface area contributed by atoms with Gasteiger partial charge < -0.3 is 10.2 Å². The Labute approximate surface area is 95.0 Å². The van der Waals surface area contributed by atoms with Gasteiger partial charge in [-0.2, -0.15) is 0 Å². The molecule has 16 heavy (non-hydrogen) atoms. The predicted molar refractivity (Wildman–Crippen MR) is 65.4 cm³/mol. The molecule has 0 radical (unpaired) electrons. The molecule has 2 rings (SSSR count). The van der Waals surface area contributed by atoms with Gasteiger partial charge in [0.2, 0.25) is 0 Å². The summed E-state index contributed by atoms with van der Waals surface area (Å²) in [6.07, 6.45) is 1.82. The number of Topliss-reactive ketones (excluding diaryl/α,β-unsaturated/α-hetero) is 1. The van der Waals surface area contributed by atoms with Gasteiger partial charge in [0.25, 0.3) is 0 Å². The molecular weight excluding hydrogens is 202 g/mol. The van der Waals surface area contributed by atoms with Crippen LogP contribution in [-0.2, 0) is 0 Å². The van der Waals surface area contributed by atoms with Gasteiger partial charge in [-0.1, -0.05) is 12.1 Å². The van der Waals surface area contributed by atoms with Gasteiger partial charge in [-0.25, -0.2) is 0 Å². The Morgan fingerprint density at radius 3 is 3.12 bits per heavy atom. The third-order valence-corrected chi connectivity index (χ3v) is 2.53. The number of nitrogens with zero attached hydrogens (tertiary/aromatic N) is 2. The fourth-order valence-electron chi connectivity index (χ4n) is 1.70. The highest BCUT2D eigenvalue weighted by Crippen LogP contribution is 2.16. The van der Waals surface area contributed by atoms with Crippen molar-refractivity contribution in [1.82, 2.24) is 5.32 Å². The van der Waals surface area contributed by atoms with Crippen LogP contribution in [0.4, 0.5) is 5.69 Å². The molecule has 4 nitrogen and oxygen atoms in total. The molecule has 1 N–H and O–H groups in total. The van der Waals surface area contributed by atoms with Gasteiger partial charge in [-0.15, -0.1) is 0 Å². The van der Waals surface area contributed by atoms with Crippen molar-refractivity contribution in [2.45, 2.75) is 0 Å². The van der Waals surface area contributed by atoms with Crippen molar-refractivity contribution in [3.63, 3.8) is 0 Å². The van der Waals surface area contributed by atoms with Gasteiger partial charge in [-0.3, -0.25) is 9.79 Å². The van der Waals surface area contributed by atoms with Crippen LogP contribution in [-0.4, -0.2) is 38.8 Å². The Balaban J connectivity index is 2.18. The number of nitrogens with one attached hydrogen (secondary N) is 1. The first kappa shape index (κ1) is 10.8. The van der Waals surface area contributed by atoms with E-state index in [1.807, 2.05) is 30.6 Å². The first-order valence-corrected chi connectivity index (χ1v) is 5.36. The molecule has 0 bridgehead atoms. The molecule has 1 aliphatic heterocycles. The number of likely N-dealkylation sites (N-methyl/N-ethyl adjacent to an activating group) is 1. The second kappa shape index (κ2) is 4.90. The fourth-order valence-corrected chi connectivity index (χ4v) is 1.70. The summed E-state index contributed by atoms with van der Waals surface area (Å²) >= 11 is 0. The number of rotatable bonds is 4. The van der Waals surface area contributed by atoms with Crippen LogP contribution in [0.25, 0.3) is 0 Å². The molecular formula is C12H15N3O. The third kappa shape index (κ3) is 2.28. The van der Waals surface area contributed by atoms with Crippen LogP contribution in [0.2, 0.25) is 0 Å². The molecule has 0 saturated carbocycles. The summed E-state index contributed by atoms with van der Waals surface area (Å²) < 4.78 is 0. The van der Waals surface area contributed by atoms with Gasteiger partial charge in [0.05, 0.1) is 19.4 Å². The first-order valence-electron chi connectivity index (χ1n) is 5.36. The summed E-state index contributed by atoms with van der Waals surface area (Å²) in [5.41, 5.74) is 1.77. The smallest absolute Gasteiger partial charge is 0.176 e. The Morgan fingerprint density at radius 1 is 1.56 bits per heavy atom. The van der Waals surface area contributed by atoms with E-state index in [0.29, 0.717) is 6.54 Å². The van der Waals surface area contributed by atoms with Gasteiger partial charge in [0.1, 0.15) is 0 Å². The zero-order valence-corrected chi connectivity index (χ0v) is 9.31. The SMILES string of the molecule is CNCC(=O)c1cccc(N2C=NCC2)c1. The number of ketones is 1. The summed E-state index contributed by atoms with van der Waals surface area (Å²) in [5, 5.41) is 2.87. The normalized spacial score (nSPS) is 14.4. The molecule has 0 atom stereocenters. The number of carbonyl (C=O) groups excluding carboxylic acids is 1. The van der Waals surface area contributed by atoms with E-state index in [2.05, 4.69) is 15.2 Å². The molecule has 0 aliphatic carbocycles. The molecule has 1 aliphatic rings. The number of aliphatic imine (C=N–C) groups is 1. The van der Waals surface area contributed by atoms with Crippen LogP contribution >= 0.6 is 0 Å². The Bertz CT molecular complexity index is 414. The topological polar surface area (TPSA) is 44.7 Å². The van der Waals surface area contributed by atoms with Crippen molar-refractivity contribution in [2.24, 2.45) is 4.99 Å². The van der Waals surface area contributed by atoms with Crippen molar-refractivity contribution in [3.05, 3.63) is 29.8 Å². The second-order valence-corrected chi connectivity index (χ2v) is 3.72. The van der Waals surface area contributed by atoms with Crippen LogP contribution in [0.3, 0.4) is 0 Å². The lowest BCUT2D eigenvalue weighted by molar-refractivity contribution is 0.0993. The van der Waals surface area contributed by atoms with Crippen molar-refractivity contribution in [2.75, 3.05) is 31.6 Å². The van der Waals surface area contributed by atoms with Crippen molar-refractivity contribution in [3.8, 4) is 0 Å². The molecule has 1 heterocycles. The van der Waals surface area contributed by atoms with E-state index in [0.717, 1.165) is 24.3 Å². The molecule has 0 spiro atoms. The number of anilines is 1. The number of hydrogen-bond acceptors (Lipinski definition) is 4. The zero-order chi connectivity index (χ0) is 11.4. The largest absolute Gasteiger partial charge is 0.331 e. The zero-order valence-electron chi connectivity index (χ0n) is 9.31. The summed E-state index contributed by atoms with van der Waals surface area (Å²) in [5.74, 6) is 0.112. The Kier molecular flexibility index (Phi) is 3.31. The maximum atomic E-state index is 11.7. The van der Waals surface area contributed by atoms with Crippen LogP contribution in [0.1, 0.15) is 10.4 Å². The van der Waals surface area contributed by atoms with Crippen LogP contribution in [0, 0.1) is 0 Å². The molecule has 4 heteroatoms. The quantitative estimate of drug-likeness (QED) is 0.763. The minimum atomic E-state index is 0.112. The Morgan fingerprint density at radius 2 is 2.44 bits per heavy atom. The maximum absolute atomic E-state index is 11.7. The van der Waals surface area contributed by atoms with Gasteiger partial charge >= 0.3 is 0 Å². The summed E-state index contributed by atoms with van der Waals surface area (Å²) in [6.45, 7) is 2.09. The monoisotopic (exact) mass is 217 g/mol. The molecule has 0 aromatic heterocycles. The molecule has 1 aromatic carbocycles. The van der Waals surface area contributed by atoms with Crippen LogP contribution < -0.4 is 10.2 Å². The lowest BCUT2D eigenvalue weighted by atomic mass is 10.1. The van der Waals surface area contributed by atoms with Gasteiger partial charge in [-0.05, 0) is 19.2 Å². The minimum Gasteiger partial charge on any atom is -0.331 e. The molecule has 84 valence electrons. The fraction of sp³-hybridized carbons (Fsp3) is 0.333. The van der Waals surface area contributed by atoms with E-state index in [-0.39, 0.29) is 5.78 Å². The Hall–Kier alpha value is -1.68. The lowest BCUT2D eigenvalue weighted by Gasteiger charge is -2.14. The lowest BCUT2D eigenvalue weighted by Crippen LogP contribution is -2.21. The molecule has 1 aromatic rings. The van der Waals surface area contributed by atoms with Crippen LogP contribution in [0.5, 0.6) is 0 Å². The molecule has 0 unspecified atom stereocenters. The van der Waals surface area contributed by atoms with Crippen LogP contribution in [0.15, 0.2) is 29.3 Å². The van der Waals surface area contributed by atoms with E-state index in [4.69, 9.17) is 0 Å². The van der Waals surface area contributed by atoms with E-state index in [1.165, 1.54) is 0 Å². The number of benzene rings is 1. The summed E-state index contributed by atoms with van der Waals surface area (Å²) in [4.78, 5) is 17.9. The third-order valence-electron chi connectivity index (χ3n) is 2.53.